The van der Waals surface area contributed by atoms with Crippen LogP contribution in [0.15, 0.2) is 24.3 Å². The van der Waals surface area contributed by atoms with Crippen LogP contribution < -0.4 is 5.73 Å². The van der Waals surface area contributed by atoms with Gasteiger partial charge in [-0.25, -0.2) is 0 Å². The van der Waals surface area contributed by atoms with Gasteiger partial charge in [-0.1, -0.05) is 37.1 Å². The van der Waals surface area contributed by atoms with E-state index < -0.39 is 0 Å². The quantitative estimate of drug-likeness (QED) is 0.927. The van der Waals surface area contributed by atoms with E-state index >= 15 is 0 Å². The van der Waals surface area contributed by atoms with E-state index in [1.807, 2.05) is 11.9 Å². The van der Waals surface area contributed by atoms with Gasteiger partial charge in [-0.05, 0) is 49.3 Å². The van der Waals surface area contributed by atoms with Gasteiger partial charge < -0.3 is 10.6 Å². The number of hydrogen-bond donors (Lipinski definition) is 1. The summed E-state index contributed by atoms with van der Waals surface area (Å²) in [4.78, 5) is 14.9. The molecule has 1 aromatic rings. The first kappa shape index (κ1) is 14.6. The molecule has 114 valence electrons. The zero-order valence-electron chi connectivity index (χ0n) is 12.9. The van der Waals surface area contributed by atoms with Crippen LogP contribution in [0.5, 0.6) is 0 Å². The molecule has 1 fully saturated rings. The van der Waals surface area contributed by atoms with Crippen molar-refractivity contribution in [3.8, 4) is 0 Å². The number of carbonyl (C=O) groups excluding carboxylic acids is 1. The highest BCUT2D eigenvalue weighted by molar-refractivity contribution is 5.80. The summed E-state index contributed by atoms with van der Waals surface area (Å²) in [5.41, 5.74) is 8.62. The summed E-state index contributed by atoms with van der Waals surface area (Å²) in [6.07, 6.45) is 6.57. The van der Waals surface area contributed by atoms with E-state index in [0.29, 0.717) is 24.4 Å². The predicted molar refractivity (Wildman–Crippen MR) is 84.9 cm³/mol. The van der Waals surface area contributed by atoms with E-state index in [-0.39, 0.29) is 5.92 Å². The minimum Gasteiger partial charge on any atom is -0.342 e. The van der Waals surface area contributed by atoms with E-state index in [2.05, 4.69) is 24.3 Å². The van der Waals surface area contributed by atoms with Gasteiger partial charge in [0.2, 0.25) is 5.91 Å². The number of benzene rings is 1. The van der Waals surface area contributed by atoms with Gasteiger partial charge in [0.25, 0.3) is 0 Å². The molecular weight excluding hydrogens is 260 g/mol. The molecule has 2 N–H and O–H groups in total. The van der Waals surface area contributed by atoms with Crippen molar-refractivity contribution in [2.75, 3.05) is 13.6 Å². The molecule has 0 heterocycles. The van der Waals surface area contributed by atoms with E-state index in [9.17, 15) is 4.79 Å². The van der Waals surface area contributed by atoms with Gasteiger partial charge in [0.15, 0.2) is 0 Å². The van der Waals surface area contributed by atoms with E-state index in [1.165, 1.54) is 30.4 Å². The maximum atomic E-state index is 12.9. The Balaban J connectivity index is 1.68. The third-order valence-electron chi connectivity index (χ3n) is 5.42. The molecule has 21 heavy (non-hydrogen) atoms. The molecular formula is C18H26N2O. The van der Waals surface area contributed by atoms with Crippen molar-refractivity contribution >= 4 is 5.91 Å². The highest BCUT2D eigenvalue weighted by Gasteiger charge is 2.35. The third kappa shape index (κ3) is 2.84. The lowest BCUT2D eigenvalue weighted by atomic mass is 9.83. The van der Waals surface area contributed by atoms with Gasteiger partial charge in [0.05, 0.1) is 0 Å². The Morgan fingerprint density at radius 3 is 2.43 bits per heavy atom. The second-order valence-electron chi connectivity index (χ2n) is 6.67. The van der Waals surface area contributed by atoms with Gasteiger partial charge >= 0.3 is 0 Å². The molecule has 1 saturated carbocycles. The smallest absolute Gasteiger partial charge is 0.226 e. The largest absolute Gasteiger partial charge is 0.342 e. The van der Waals surface area contributed by atoms with Crippen LogP contribution in [0.2, 0.25) is 0 Å². The molecule has 3 rings (SSSR count). The zero-order chi connectivity index (χ0) is 14.8. The molecule has 0 aromatic heterocycles. The number of carbonyl (C=O) groups is 1. The molecule has 3 heteroatoms. The number of fused-ring (bicyclic) bond motifs is 1. The normalized spacial score (nSPS) is 25.6. The first-order valence-electron chi connectivity index (χ1n) is 8.24. The van der Waals surface area contributed by atoms with Crippen LogP contribution in [-0.2, 0) is 17.6 Å². The molecule has 2 aliphatic carbocycles. The van der Waals surface area contributed by atoms with Gasteiger partial charge in [-0.2, -0.15) is 0 Å². The van der Waals surface area contributed by atoms with Crippen LogP contribution in [0, 0.1) is 11.8 Å². The number of rotatable bonds is 3. The highest BCUT2D eigenvalue weighted by atomic mass is 16.2. The standard InChI is InChI=1S/C18H26N2O/c1-20(17-9-5-4-8-15(17)12-19)18(21)16-10-13-6-2-3-7-14(13)11-16/h2-3,6-7,15-17H,4-5,8-12,19H2,1H3. The fraction of sp³-hybridized carbons (Fsp3) is 0.611. The lowest BCUT2D eigenvalue weighted by molar-refractivity contribution is -0.137. The van der Waals surface area contributed by atoms with Crippen LogP contribution in [0.1, 0.15) is 36.8 Å². The van der Waals surface area contributed by atoms with Gasteiger partial charge in [0, 0.05) is 19.0 Å². The Morgan fingerprint density at radius 2 is 1.81 bits per heavy atom. The van der Waals surface area contributed by atoms with Crippen molar-refractivity contribution in [2.24, 2.45) is 17.6 Å². The average Bonchev–Trinajstić information content (AvgIpc) is 2.97. The van der Waals surface area contributed by atoms with E-state index in [1.54, 1.807) is 0 Å². The summed E-state index contributed by atoms with van der Waals surface area (Å²) >= 11 is 0. The first-order chi connectivity index (χ1) is 10.2. The molecule has 0 bridgehead atoms. The van der Waals surface area contributed by atoms with Crippen molar-refractivity contribution in [1.29, 1.82) is 0 Å². The summed E-state index contributed by atoms with van der Waals surface area (Å²) < 4.78 is 0. The second kappa shape index (κ2) is 6.18. The molecule has 0 radical (unpaired) electrons. The molecule has 0 spiro atoms. The number of amides is 1. The van der Waals surface area contributed by atoms with Crippen molar-refractivity contribution < 1.29 is 4.79 Å². The molecule has 1 amide bonds. The lowest BCUT2D eigenvalue weighted by Crippen LogP contribution is -2.48. The number of hydrogen-bond acceptors (Lipinski definition) is 2. The van der Waals surface area contributed by atoms with Crippen LogP contribution in [0.25, 0.3) is 0 Å². The molecule has 2 unspecified atom stereocenters. The fourth-order valence-corrected chi connectivity index (χ4v) is 4.16. The minimum atomic E-state index is 0.132. The first-order valence-corrected chi connectivity index (χ1v) is 8.24. The van der Waals surface area contributed by atoms with Gasteiger partial charge in [-0.15, -0.1) is 0 Å². The fourth-order valence-electron chi connectivity index (χ4n) is 4.16. The second-order valence-corrected chi connectivity index (χ2v) is 6.67. The maximum Gasteiger partial charge on any atom is 0.226 e. The van der Waals surface area contributed by atoms with Crippen molar-refractivity contribution in [2.45, 2.75) is 44.6 Å². The van der Waals surface area contributed by atoms with Crippen LogP contribution >= 0.6 is 0 Å². The Morgan fingerprint density at radius 1 is 1.19 bits per heavy atom. The van der Waals surface area contributed by atoms with Crippen molar-refractivity contribution in [1.82, 2.24) is 4.90 Å². The SMILES string of the molecule is CN(C(=O)C1Cc2ccccc2C1)C1CCCCC1CN. The zero-order valence-corrected chi connectivity index (χ0v) is 12.9. The Hall–Kier alpha value is -1.35. The molecule has 2 atom stereocenters. The average molecular weight is 286 g/mol. The Kier molecular flexibility index (Phi) is 4.29. The minimum absolute atomic E-state index is 0.132. The molecule has 1 aromatic carbocycles. The van der Waals surface area contributed by atoms with Crippen LogP contribution in [0.3, 0.4) is 0 Å². The van der Waals surface area contributed by atoms with E-state index in [0.717, 1.165) is 19.3 Å². The van der Waals surface area contributed by atoms with Crippen molar-refractivity contribution in [3.63, 3.8) is 0 Å². The van der Waals surface area contributed by atoms with Crippen molar-refractivity contribution in [3.05, 3.63) is 35.4 Å². The summed E-state index contributed by atoms with van der Waals surface area (Å²) in [7, 11) is 1.99. The van der Waals surface area contributed by atoms with Crippen LogP contribution in [-0.4, -0.2) is 30.4 Å². The Bertz CT molecular complexity index is 489. The van der Waals surface area contributed by atoms with E-state index in [4.69, 9.17) is 5.73 Å². The Labute approximate surface area is 127 Å². The monoisotopic (exact) mass is 286 g/mol. The lowest BCUT2D eigenvalue weighted by Gasteiger charge is -2.38. The number of nitrogens with zero attached hydrogens (tertiary/aromatic N) is 1. The topological polar surface area (TPSA) is 46.3 Å². The summed E-state index contributed by atoms with van der Waals surface area (Å²) in [6.45, 7) is 0.702. The highest BCUT2D eigenvalue weighted by Crippen LogP contribution is 2.31. The summed E-state index contributed by atoms with van der Waals surface area (Å²) in [6, 6.07) is 8.81. The molecule has 3 nitrogen and oxygen atoms in total. The van der Waals surface area contributed by atoms with Crippen LogP contribution in [0.4, 0.5) is 0 Å². The predicted octanol–water partition coefficient (Wildman–Crippen LogP) is 2.38. The number of nitrogens with two attached hydrogens (primary N) is 1. The molecule has 0 saturated heterocycles. The molecule has 2 aliphatic rings. The summed E-state index contributed by atoms with van der Waals surface area (Å²) in [5, 5.41) is 0. The van der Waals surface area contributed by atoms with Gasteiger partial charge in [0.1, 0.15) is 0 Å². The third-order valence-corrected chi connectivity index (χ3v) is 5.42. The summed E-state index contributed by atoms with van der Waals surface area (Å²) in [5.74, 6) is 0.931. The molecule has 0 aliphatic heterocycles. The van der Waals surface area contributed by atoms with Gasteiger partial charge in [-0.3, -0.25) is 4.79 Å². The maximum absolute atomic E-state index is 12.9.